The average molecular weight is 90.1 g/mol. The molecule has 0 saturated heterocycles. The Kier molecular flexibility index (Phi) is 2.35. The number of hydrogen-bond donors (Lipinski definition) is 2. The first-order chi connectivity index (χ1) is 2.81. The quantitative estimate of drug-likeness (QED) is 0.378. The Hall–Kier alpha value is -0.610. The molecule has 0 aliphatic heterocycles. The van der Waals surface area contributed by atoms with E-state index in [0.29, 0.717) is 0 Å². The third-order valence-electron chi connectivity index (χ3n) is 0.298. The van der Waals surface area contributed by atoms with Crippen LogP contribution in [0.4, 0.5) is 0 Å². The van der Waals surface area contributed by atoms with Crippen molar-refractivity contribution in [2.45, 2.75) is 0 Å². The zero-order valence-corrected chi connectivity index (χ0v) is 3.18. The zero-order valence-electron chi connectivity index (χ0n) is 3.18. The first kappa shape index (κ1) is 5.39. The third kappa shape index (κ3) is 1.68. The fourth-order valence-electron chi connectivity index (χ4n) is 0.0481. The summed E-state index contributed by atoms with van der Waals surface area (Å²) in [5, 5.41) is 0. The van der Waals surface area contributed by atoms with Crippen molar-refractivity contribution in [1.82, 2.24) is 0 Å². The van der Waals surface area contributed by atoms with E-state index >= 15 is 0 Å². The van der Waals surface area contributed by atoms with Crippen LogP contribution in [0, 0.1) is 0 Å². The maximum atomic E-state index is 9.71. The van der Waals surface area contributed by atoms with Crippen molar-refractivity contribution >= 4 is 5.97 Å². The van der Waals surface area contributed by atoms with E-state index in [9.17, 15) is 4.79 Å². The zero-order chi connectivity index (χ0) is 4.99. The summed E-state index contributed by atoms with van der Waals surface area (Å²) >= 11 is 0. The predicted octanol–water partition coefficient (Wildman–Crippen LogP) is -1.64. The van der Waals surface area contributed by atoms with Crippen LogP contribution in [0.25, 0.3) is 0 Å². The Bertz CT molecular complexity index is 47.5. The number of rotatable bonds is 1. The summed E-state index contributed by atoms with van der Waals surface area (Å²) in [6.07, 6.45) is 0. The summed E-state index contributed by atoms with van der Waals surface area (Å²) in [5.41, 5.74) is 4.73. The highest BCUT2D eigenvalue weighted by molar-refractivity contribution is 5.70. The van der Waals surface area contributed by atoms with Gasteiger partial charge in [0.2, 0.25) is 0 Å². The molecule has 36 valence electrons. The lowest BCUT2D eigenvalue weighted by Crippen LogP contribution is -2.19. The van der Waals surface area contributed by atoms with Gasteiger partial charge in [-0.1, -0.05) is 0 Å². The van der Waals surface area contributed by atoms with Crippen molar-refractivity contribution in [3.05, 3.63) is 0 Å². The van der Waals surface area contributed by atoms with Gasteiger partial charge in [-0.2, -0.15) is 5.90 Å². The highest BCUT2D eigenvalue weighted by atomic mass is 16.7. The molecule has 0 spiro atoms. The molecule has 0 aliphatic rings. The molecule has 0 bridgehead atoms. The molecule has 4 N–H and O–H groups in total. The molecule has 0 aromatic heterocycles. The molecule has 0 saturated carbocycles. The molecule has 0 unspecified atom stereocenters. The summed E-state index contributed by atoms with van der Waals surface area (Å²) in [5.74, 6) is 3.75. The van der Waals surface area contributed by atoms with Crippen LogP contribution in [0.2, 0.25) is 0 Å². The maximum absolute atomic E-state index is 9.71. The molecule has 0 atom stereocenters. The van der Waals surface area contributed by atoms with Crippen LogP contribution in [0.3, 0.4) is 0 Å². The molecule has 0 fully saturated rings. The molecule has 0 heterocycles. The lowest BCUT2D eigenvalue weighted by Gasteiger charge is -1.86. The largest absolute Gasteiger partial charge is 0.372 e. The molecule has 4 nitrogen and oxygen atoms in total. The molecule has 6 heavy (non-hydrogen) atoms. The minimum Gasteiger partial charge on any atom is -0.372 e. The lowest BCUT2D eigenvalue weighted by molar-refractivity contribution is -0.142. The van der Waals surface area contributed by atoms with Crippen molar-refractivity contribution in [2.24, 2.45) is 11.6 Å². The highest BCUT2D eigenvalue weighted by Gasteiger charge is 1.89. The molecular weight excluding hydrogens is 84.0 g/mol. The van der Waals surface area contributed by atoms with Gasteiger partial charge in [0.25, 0.3) is 0 Å². The van der Waals surface area contributed by atoms with E-state index in [1.807, 2.05) is 0 Å². The second-order valence-electron chi connectivity index (χ2n) is 0.694. The Labute approximate surface area is 35.0 Å². The average Bonchev–Trinajstić information content (AvgIpc) is 1.65. The van der Waals surface area contributed by atoms with Crippen LogP contribution >= 0.6 is 0 Å². The third-order valence-corrected chi connectivity index (χ3v) is 0.298. The van der Waals surface area contributed by atoms with E-state index in [1.165, 1.54) is 0 Å². The first-order valence-corrected chi connectivity index (χ1v) is 1.41. The Morgan fingerprint density at radius 2 is 2.33 bits per heavy atom. The number of hydrogen-bond acceptors (Lipinski definition) is 4. The molecule has 4 heteroatoms. The summed E-state index contributed by atoms with van der Waals surface area (Å²) in [4.78, 5) is 13.3. The van der Waals surface area contributed by atoms with Crippen LogP contribution in [0.15, 0.2) is 0 Å². The second kappa shape index (κ2) is 2.62. The number of carbonyl (C=O) groups is 1. The smallest absolute Gasteiger partial charge is 0.338 e. The van der Waals surface area contributed by atoms with Gasteiger partial charge in [-0.3, -0.25) is 0 Å². The molecular formula is C2H6N2O2. The van der Waals surface area contributed by atoms with Gasteiger partial charge in [0, 0.05) is 0 Å². The van der Waals surface area contributed by atoms with E-state index in [-0.39, 0.29) is 6.54 Å². The standard InChI is InChI=1S/C2H6N2O2/c3-1-2(5)6-4/h1,3-4H2. The maximum Gasteiger partial charge on any atom is 0.338 e. The SMILES string of the molecule is NCC(=O)ON. The van der Waals surface area contributed by atoms with Gasteiger partial charge >= 0.3 is 5.97 Å². The van der Waals surface area contributed by atoms with Crippen LogP contribution in [-0.2, 0) is 9.63 Å². The molecule has 0 aromatic rings. The van der Waals surface area contributed by atoms with Gasteiger partial charge in [-0.05, 0) is 0 Å². The Balaban J connectivity index is 2.99. The number of nitrogens with two attached hydrogens (primary N) is 2. The van der Waals surface area contributed by atoms with Crippen LogP contribution in [0.5, 0.6) is 0 Å². The monoisotopic (exact) mass is 90.0 g/mol. The van der Waals surface area contributed by atoms with Crippen LogP contribution in [-0.4, -0.2) is 12.5 Å². The van der Waals surface area contributed by atoms with Gasteiger partial charge in [0.1, 0.15) is 0 Å². The van der Waals surface area contributed by atoms with Gasteiger partial charge in [-0.25, -0.2) is 4.79 Å². The van der Waals surface area contributed by atoms with E-state index in [4.69, 9.17) is 5.73 Å². The van der Waals surface area contributed by atoms with E-state index in [0.717, 1.165) is 0 Å². The normalized spacial score (nSPS) is 7.67. The second-order valence-corrected chi connectivity index (χ2v) is 0.694. The van der Waals surface area contributed by atoms with E-state index in [1.54, 1.807) is 0 Å². The summed E-state index contributed by atoms with van der Waals surface area (Å²) in [6, 6.07) is 0. The molecule has 0 amide bonds. The first-order valence-electron chi connectivity index (χ1n) is 1.41. The van der Waals surface area contributed by atoms with Gasteiger partial charge in [0.05, 0.1) is 6.54 Å². The Morgan fingerprint density at radius 3 is 2.33 bits per heavy atom. The van der Waals surface area contributed by atoms with Crippen molar-refractivity contribution in [2.75, 3.05) is 6.54 Å². The lowest BCUT2D eigenvalue weighted by atomic mass is 10.7. The Morgan fingerprint density at radius 1 is 1.83 bits per heavy atom. The van der Waals surface area contributed by atoms with Crippen molar-refractivity contribution in [3.8, 4) is 0 Å². The number of carbonyl (C=O) groups excluding carboxylic acids is 1. The van der Waals surface area contributed by atoms with E-state index in [2.05, 4.69) is 10.7 Å². The molecule has 0 aliphatic carbocycles. The fraction of sp³-hybridized carbons (Fsp3) is 0.500. The molecule has 0 rings (SSSR count). The highest BCUT2D eigenvalue weighted by Crippen LogP contribution is 1.56. The van der Waals surface area contributed by atoms with Crippen molar-refractivity contribution in [1.29, 1.82) is 0 Å². The van der Waals surface area contributed by atoms with Gasteiger partial charge in [0.15, 0.2) is 0 Å². The summed E-state index contributed by atoms with van der Waals surface area (Å²) < 4.78 is 0. The van der Waals surface area contributed by atoms with Crippen molar-refractivity contribution in [3.63, 3.8) is 0 Å². The van der Waals surface area contributed by atoms with Crippen molar-refractivity contribution < 1.29 is 9.63 Å². The van der Waals surface area contributed by atoms with Gasteiger partial charge < -0.3 is 10.6 Å². The van der Waals surface area contributed by atoms with Crippen LogP contribution in [0.1, 0.15) is 0 Å². The van der Waals surface area contributed by atoms with Crippen LogP contribution < -0.4 is 11.6 Å². The topological polar surface area (TPSA) is 78.3 Å². The molecule has 0 aromatic carbocycles. The summed E-state index contributed by atoms with van der Waals surface area (Å²) in [6.45, 7) is -0.156. The van der Waals surface area contributed by atoms with Gasteiger partial charge in [-0.15, -0.1) is 0 Å². The van der Waals surface area contributed by atoms with E-state index < -0.39 is 5.97 Å². The fourth-order valence-corrected chi connectivity index (χ4v) is 0.0481. The summed E-state index contributed by atoms with van der Waals surface area (Å²) in [7, 11) is 0. The molecule has 0 radical (unpaired) electrons. The minimum absolute atomic E-state index is 0.156. The predicted molar refractivity (Wildman–Crippen MR) is 19.3 cm³/mol. The minimum atomic E-state index is -0.602.